The lowest BCUT2D eigenvalue weighted by Gasteiger charge is -2.29. The minimum Gasteiger partial charge on any atom is -0.390 e. The number of aliphatic hydroxyl groups excluding tert-OH is 1. The largest absolute Gasteiger partial charge is 0.390 e. The molecule has 0 radical (unpaired) electrons. The molecule has 1 unspecified atom stereocenters. The van der Waals surface area contributed by atoms with Crippen molar-refractivity contribution in [3.05, 3.63) is 35.4 Å². The van der Waals surface area contributed by atoms with E-state index in [1.165, 1.54) is 0 Å². The number of halogens is 1. The number of nitrogens with one attached hydrogen (secondary N) is 2. The number of carbonyl (C=O) groups is 1. The van der Waals surface area contributed by atoms with E-state index in [1.54, 1.807) is 0 Å². The van der Waals surface area contributed by atoms with Crippen LogP contribution in [0.3, 0.4) is 0 Å². The van der Waals surface area contributed by atoms with Crippen LogP contribution in [0.2, 0.25) is 0 Å². The van der Waals surface area contributed by atoms with Gasteiger partial charge in [0.05, 0.1) is 17.7 Å². The summed E-state index contributed by atoms with van der Waals surface area (Å²) in [6, 6.07) is 7.68. The second kappa shape index (κ2) is 6.34. The molecule has 1 heterocycles. The summed E-state index contributed by atoms with van der Waals surface area (Å²) in [6.07, 6.45) is 2.79. The first-order valence-corrected chi connectivity index (χ1v) is 7.48. The van der Waals surface area contributed by atoms with Crippen molar-refractivity contribution in [1.29, 1.82) is 0 Å². The average Bonchev–Trinajstić information content (AvgIpc) is 3.05. The lowest BCUT2D eigenvalue weighted by Crippen LogP contribution is -2.54. The van der Waals surface area contributed by atoms with Crippen LogP contribution in [0, 0.1) is 0 Å². The fourth-order valence-corrected chi connectivity index (χ4v) is 3.49. The third kappa shape index (κ3) is 2.80. The highest BCUT2D eigenvalue weighted by Gasteiger charge is 2.42. The fourth-order valence-electron chi connectivity index (χ4n) is 3.49. The molecule has 1 saturated heterocycles. The molecule has 2 aliphatic rings. The van der Waals surface area contributed by atoms with Crippen molar-refractivity contribution in [3.63, 3.8) is 0 Å². The van der Waals surface area contributed by atoms with E-state index in [-0.39, 0.29) is 24.4 Å². The maximum absolute atomic E-state index is 12.6. The van der Waals surface area contributed by atoms with E-state index in [2.05, 4.69) is 10.6 Å². The van der Waals surface area contributed by atoms with Crippen LogP contribution in [0.1, 0.15) is 43.4 Å². The molecular weight excluding hydrogens is 288 g/mol. The molecule has 1 aliphatic heterocycles. The molecule has 3 N–H and O–H groups in total. The Bertz CT molecular complexity index is 515. The third-order valence-corrected chi connectivity index (χ3v) is 4.77. The van der Waals surface area contributed by atoms with Crippen LogP contribution in [0.4, 0.5) is 0 Å². The summed E-state index contributed by atoms with van der Waals surface area (Å²) in [5.74, 6) is 0.0262. The number of fused-ring (bicyclic) bond motifs is 1. The van der Waals surface area contributed by atoms with Gasteiger partial charge in [-0.1, -0.05) is 31.2 Å². The summed E-state index contributed by atoms with van der Waals surface area (Å²) in [5.41, 5.74) is 1.74. The van der Waals surface area contributed by atoms with Crippen molar-refractivity contribution < 1.29 is 9.90 Å². The number of rotatable bonds is 3. The van der Waals surface area contributed by atoms with Gasteiger partial charge < -0.3 is 15.7 Å². The molecule has 21 heavy (non-hydrogen) atoms. The van der Waals surface area contributed by atoms with E-state index in [4.69, 9.17) is 0 Å². The zero-order valence-electron chi connectivity index (χ0n) is 12.3. The van der Waals surface area contributed by atoms with Gasteiger partial charge in [-0.25, -0.2) is 0 Å². The Labute approximate surface area is 131 Å². The van der Waals surface area contributed by atoms with Gasteiger partial charge in [0.2, 0.25) is 5.91 Å². The Balaban J connectivity index is 0.00000161. The molecular formula is C16H23ClN2O2. The zero-order chi connectivity index (χ0) is 14.2. The normalized spacial score (nSPS) is 30.6. The average molecular weight is 311 g/mol. The first-order valence-electron chi connectivity index (χ1n) is 7.48. The van der Waals surface area contributed by atoms with Crippen LogP contribution < -0.4 is 10.6 Å². The summed E-state index contributed by atoms with van der Waals surface area (Å²) in [5, 5.41) is 16.6. The molecule has 116 valence electrons. The Morgan fingerprint density at radius 1 is 1.48 bits per heavy atom. The standard InChI is InChI=1S/C16H22N2O2.ClH/c1-2-16(8-5-9-17-16)15(20)18-14-12-7-4-3-6-11(12)10-13(14)19;/h3-4,6-7,13-14,17,19H,2,5,8-10H2,1H3,(H,18,20);1H/t13-,14+,16?;/m0./s1. The molecule has 1 amide bonds. The topological polar surface area (TPSA) is 61.4 Å². The summed E-state index contributed by atoms with van der Waals surface area (Å²) in [6.45, 7) is 2.93. The molecule has 4 nitrogen and oxygen atoms in total. The van der Waals surface area contributed by atoms with Gasteiger partial charge in [0.15, 0.2) is 0 Å². The number of aliphatic hydroxyl groups is 1. The molecule has 0 saturated carbocycles. The van der Waals surface area contributed by atoms with Gasteiger partial charge in [0, 0.05) is 6.42 Å². The summed E-state index contributed by atoms with van der Waals surface area (Å²) in [4.78, 5) is 12.6. The zero-order valence-corrected chi connectivity index (χ0v) is 13.1. The van der Waals surface area contributed by atoms with Gasteiger partial charge in [-0.15, -0.1) is 12.4 Å². The van der Waals surface area contributed by atoms with Crippen molar-refractivity contribution in [2.24, 2.45) is 0 Å². The smallest absolute Gasteiger partial charge is 0.240 e. The maximum atomic E-state index is 12.6. The van der Waals surface area contributed by atoms with Crippen molar-refractivity contribution in [3.8, 4) is 0 Å². The number of hydrogen-bond donors (Lipinski definition) is 3. The molecule has 3 rings (SSSR count). The molecule has 1 fully saturated rings. The molecule has 1 aliphatic carbocycles. The van der Waals surface area contributed by atoms with Crippen LogP contribution >= 0.6 is 12.4 Å². The van der Waals surface area contributed by atoms with Crippen LogP contribution in [0.15, 0.2) is 24.3 Å². The van der Waals surface area contributed by atoms with Gasteiger partial charge >= 0.3 is 0 Å². The van der Waals surface area contributed by atoms with Gasteiger partial charge in [0.25, 0.3) is 0 Å². The van der Waals surface area contributed by atoms with Crippen molar-refractivity contribution in [2.45, 2.75) is 50.3 Å². The summed E-state index contributed by atoms with van der Waals surface area (Å²) < 4.78 is 0. The Hall–Kier alpha value is -1.10. The molecule has 3 atom stereocenters. The van der Waals surface area contributed by atoms with Crippen LogP contribution in [0.5, 0.6) is 0 Å². The highest BCUT2D eigenvalue weighted by molar-refractivity contribution is 5.87. The Kier molecular flexibility index (Phi) is 4.91. The maximum Gasteiger partial charge on any atom is 0.240 e. The van der Waals surface area contributed by atoms with E-state index < -0.39 is 11.6 Å². The lowest BCUT2D eigenvalue weighted by molar-refractivity contribution is -0.128. The Morgan fingerprint density at radius 3 is 2.90 bits per heavy atom. The van der Waals surface area contributed by atoms with Crippen molar-refractivity contribution >= 4 is 18.3 Å². The van der Waals surface area contributed by atoms with Crippen LogP contribution in [0.25, 0.3) is 0 Å². The van der Waals surface area contributed by atoms with Gasteiger partial charge in [-0.2, -0.15) is 0 Å². The predicted octanol–water partition coefficient (Wildman–Crippen LogP) is 1.71. The molecule has 0 bridgehead atoms. The fraction of sp³-hybridized carbons (Fsp3) is 0.562. The highest BCUT2D eigenvalue weighted by atomic mass is 35.5. The van der Waals surface area contributed by atoms with E-state index >= 15 is 0 Å². The van der Waals surface area contributed by atoms with Gasteiger partial charge in [-0.05, 0) is 36.9 Å². The van der Waals surface area contributed by atoms with Crippen molar-refractivity contribution in [1.82, 2.24) is 10.6 Å². The quantitative estimate of drug-likeness (QED) is 0.796. The molecule has 5 heteroatoms. The molecule has 1 aromatic rings. The summed E-state index contributed by atoms with van der Waals surface area (Å²) >= 11 is 0. The van der Waals surface area contributed by atoms with Gasteiger partial charge in [-0.3, -0.25) is 4.79 Å². The van der Waals surface area contributed by atoms with Crippen LogP contribution in [-0.2, 0) is 11.2 Å². The highest BCUT2D eigenvalue weighted by Crippen LogP contribution is 2.32. The van der Waals surface area contributed by atoms with E-state index in [1.807, 2.05) is 31.2 Å². The number of hydrogen-bond acceptors (Lipinski definition) is 3. The second-order valence-corrected chi connectivity index (χ2v) is 5.89. The molecule has 0 spiro atoms. The number of benzene rings is 1. The minimum atomic E-state index is -0.522. The minimum absolute atomic E-state index is 0. The monoisotopic (exact) mass is 310 g/mol. The van der Waals surface area contributed by atoms with E-state index in [0.717, 1.165) is 36.9 Å². The third-order valence-electron chi connectivity index (χ3n) is 4.77. The van der Waals surface area contributed by atoms with E-state index in [9.17, 15) is 9.90 Å². The van der Waals surface area contributed by atoms with Crippen LogP contribution in [-0.4, -0.2) is 29.2 Å². The predicted molar refractivity (Wildman–Crippen MR) is 84.5 cm³/mol. The second-order valence-electron chi connectivity index (χ2n) is 5.89. The molecule has 0 aromatic heterocycles. The number of carbonyl (C=O) groups excluding carboxylic acids is 1. The van der Waals surface area contributed by atoms with Crippen molar-refractivity contribution in [2.75, 3.05) is 6.54 Å². The first kappa shape index (κ1) is 16.3. The van der Waals surface area contributed by atoms with Gasteiger partial charge in [0.1, 0.15) is 0 Å². The lowest BCUT2D eigenvalue weighted by atomic mass is 9.92. The Morgan fingerprint density at radius 2 is 2.24 bits per heavy atom. The van der Waals surface area contributed by atoms with E-state index in [0.29, 0.717) is 6.42 Å². The first-order chi connectivity index (χ1) is 9.66. The molecule has 1 aromatic carbocycles. The SMILES string of the molecule is CCC1(C(=O)N[C@@H]2c3ccccc3C[C@@H]2O)CCCN1.Cl. The number of amides is 1. The summed E-state index contributed by atoms with van der Waals surface area (Å²) in [7, 11) is 0.